The van der Waals surface area contributed by atoms with Crippen LogP contribution in [0.4, 0.5) is 0 Å². The van der Waals surface area contributed by atoms with E-state index in [0.717, 1.165) is 13.1 Å². The van der Waals surface area contributed by atoms with Crippen molar-refractivity contribution in [3.8, 4) is 0 Å². The smallest absolute Gasteiger partial charge is 0 e. The maximum atomic E-state index is 2.25. The van der Waals surface area contributed by atoms with Gasteiger partial charge in [0, 0.05) is 22.4 Å². The summed E-state index contributed by atoms with van der Waals surface area (Å²) in [5, 5.41) is 0. The molecule has 0 aromatic heterocycles. The van der Waals surface area contributed by atoms with Gasteiger partial charge >= 0.3 is 0 Å². The van der Waals surface area contributed by atoms with E-state index in [4.69, 9.17) is 0 Å². The van der Waals surface area contributed by atoms with Crippen LogP contribution in [0.5, 0.6) is 0 Å². The van der Waals surface area contributed by atoms with Crippen LogP contribution in [0, 0.1) is 0 Å². The van der Waals surface area contributed by atoms with Gasteiger partial charge in [-0.3, -0.25) is 0 Å². The summed E-state index contributed by atoms with van der Waals surface area (Å²) >= 11 is 0. The molecule has 0 aromatic carbocycles. The second-order valence-electron chi connectivity index (χ2n) is 1.49. The average molecular weight is 268 g/mol. The van der Waals surface area contributed by atoms with Gasteiger partial charge in [0.05, 0.1) is 0 Å². The quantitative estimate of drug-likeness (QED) is 0.721. The van der Waals surface area contributed by atoms with Crippen LogP contribution in [0.15, 0.2) is 0 Å². The molecule has 2 heteroatoms. The van der Waals surface area contributed by atoms with Gasteiger partial charge in [0.2, 0.25) is 0 Å². The molecular formula is C5H13NTa. The Bertz CT molecular complexity index is 27.3. The summed E-state index contributed by atoms with van der Waals surface area (Å²) in [4.78, 5) is 2.25. The van der Waals surface area contributed by atoms with Crippen molar-refractivity contribution in [3.05, 3.63) is 0 Å². The van der Waals surface area contributed by atoms with Gasteiger partial charge in [-0.05, 0) is 20.1 Å². The molecule has 1 nitrogen and oxygen atoms in total. The molecule has 7 heavy (non-hydrogen) atoms. The van der Waals surface area contributed by atoms with E-state index in [9.17, 15) is 0 Å². The largest absolute Gasteiger partial charge is 0.307 e. The van der Waals surface area contributed by atoms with Crippen LogP contribution in [0.2, 0.25) is 0 Å². The molecule has 43 valence electrons. The molecule has 0 aliphatic rings. The maximum absolute atomic E-state index is 2.25. The number of hydrogen-bond acceptors (Lipinski definition) is 1. The van der Waals surface area contributed by atoms with Gasteiger partial charge in [0.25, 0.3) is 0 Å². The van der Waals surface area contributed by atoms with Crippen LogP contribution < -0.4 is 0 Å². The van der Waals surface area contributed by atoms with E-state index >= 15 is 0 Å². The molecule has 0 fully saturated rings. The van der Waals surface area contributed by atoms with E-state index in [1.54, 1.807) is 0 Å². The van der Waals surface area contributed by atoms with Crippen LogP contribution >= 0.6 is 0 Å². The Morgan fingerprint density at radius 2 is 1.43 bits per heavy atom. The van der Waals surface area contributed by atoms with Gasteiger partial charge in [0.1, 0.15) is 0 Å². The van der Waals surface area contributed by atoms with Crippen LogP contribution in [0.3, 0.4) is 0 Å². The predicted octanol–water partition coefficient (Wildman–Crippen LogP) is 0.956. The third kappa shape index (κ3) is 6.70. The Kier molecular flexibility index (Phi) is 10.2. The van der Waals surface area contributed by atoms with E-state index in [-0.39, 0.29) is 22.4 Å². The van der Waals surface area contributed by atoms with Crippen molar-refractivity contribution in [2.45, 2.75) is 13.8 Å². The second-order valence-corrected chi connectivity index (χ2v) is 1.49. The van der Waals surface area contributed by atoms with Gasteiger partial charge in [-0.15, -0.1) is 0 Å². The topological polar surface area (TPSA) is 3.24 Å². The molecule has 1 radical (unpaired) electrons. The fourth-order valence-corrected chi connectivity index (χ4v) is 0.224. The first-order valence-electron chi connectivity index (χ1n) is 2.49. The van der Waals surface area contributed by atoms with Gasteiger partial charge in [-0.1, -0.05) is 13.8 Å². The molecule has 0 saturated heterocycles. The third-order valence-electron chi connectivity index (χ3n) is 1.08. The van der Waals surface area contributed by atoms with Gasteiger partial charge in [-0.2, -0.15) is 0 Å². The molecule has 0 spiro atoms. The van der Waals surface area contributed by atoms with Crippen molar-refractivity contribution in [2.24, 2.45) is 0 Å². The Balaban J connectivity index is 0. The minimum absolute atomic E-state index is 0. The van der Waals surface area contributed by atoms with E-state index in [1.165, 1.54) is 0 Å². The zero-order valence-electron chi connectivity index (χ0n) is 5.31. The van der Waals surface area contributed by atoms with Crippen LogP contribution in [-0.2, 0) is 22.4 Å². The zero-order valence-corrected chi connectivity index (χ0v) is 8.52. The molecule has 0 atom stereocenters. The summed E-state index contributed by atoms with van der Waals surface area (Å²) in [5.41, 5.74) is 0. The fraction of sp³-hybridized carbons (Fsp3) is 1.00. The first-order valence-corrected chi connectivity index (χ1v) is 2.49. The van der Waals surface area contributed by atoms with Crippen molar-refractivity contribution in [2.75, 3.05) is 20.1 Å². The minimum atomic E-state index is 0. The SMILES string of the molecule is CCN(C)CC.[Ta]. The van der Waals surface area contributed by atoms with Gasteiger partial charge in [0.15, 0.2) is 0 Å². The molecule has 0 N–H and O–H groups in total. The molecule has 0 amide bonds. The summed E-state index contributed by atoms with van der Waals surface area (Å²) in [7, 11) is 2.11. The molecule has 0 aliphatic heterocycles. The van der Waals surface area contributed by atoms with E-state index in [0.29, 0.717) is 0 Å². The van der Waals surface area contributed by atoms with E-state index in [2.05, 4.69) is 25.8 Å². The first kappa shape index (κ1) is 10.6. The van der Waals surface area contributed by atoms with Crippen molar-refractivity contribution in [1.29, 1.82) is 0 Å². The summed E-state index contributed by atoms with van der Waals surface area (Å²) in [6.45, 7) is 6.64. The standard InChI is InChI=1S/C5H13N.Ta/c1-4-6(3)5-2;/h4-5H2,1-3H3;. The number of rotatable bonds is 2. The van der Waals surface area contributed by atoms with Crippen LogP contribution in [0.25, 0.3) is 0 Å². The third-order valence-corrected chi connectivity index (χ3v) is 1.08. The Morgan fingerprint density at radius 3 is 1.43 bits per heavy atom. The summed E-state index contributed by atoms with van der Waals surface area (Å²) in [6.07, 6.45) is 0. The number of hydrogen-bond donors (Lipinski definition) is 0. The first-order chi connectivity index (χ1) is 2.81. The molecule has 0 unspecified atom stereocenters. The second kappa shape index (κ2) is 6.70. The summed E-state index contributed by atoms with van der Waals surface area (Å²) in [5.74, 6) is 0. The van der Waals surface area contributed by atoms with Crippen molar-refractivity contribution >= 4 is 0 Å². The van der Waals surface area contributed by atoms with Crippen LogP contribution in [-0.4, -0.2) is 25.0 Å². The monoisotopic (exact) mass is 268 g/mol. The molecule has 0 aromatic rings. The molecule has 0 heterocycles. The normalized spacial score (nSPS) is 8.57. The maximum Gasteiger partial charge on any atom is 0 e. The Labute approximate surface area is 61.6 Å². The molecule has 0 rings (SSSR count). The van der Waals surface area contributed by atoms with Gasteiger partial charge < -0.3 is 4.90 Å². The Hall–Kier alpha value is 0.700. The van der Waals surface area contributed by atoms with E-state index in [1.807, 2.05) is 0 Å². The molecule has 0 bridgehead atoms. The number of nitrogens with zero attached hydrogens (tertiary/aromatic N) is 1. The molecule has 0 aliphatic carbocycles. The Morgan fingerprint density at radius 1 is 1.14 bits per heavy atom. The summed E-state index contributed by atoms with van der Waals surface area (Å²) < 4.78 is 0. The fourth-order valence-electron chi connectivity index (χ4n) is 0.224. The minimum Gasteiger partial charge on any atom is -0.307 e. The average Bonchev–Trinajstić information content (AvgIpc) is 1.65. The molecule has 0 saturated carbocycles. The van der Waals surface area contributed by atoms with Gasteiger partial charge in [-0.25, -0.2) is 0 Å². The van der Waals surface area contributed by atoms with Crippen molar-refractivity contribution in [3.63, 3.8) is 0 Å². The van der Waals surface area contributed by atoms with Crippen LogP contribution in [0.1, 0.15) is 13.8 Å². The van der Waals surface area contributed by atoms with E-state index < -0.39 is 0 Å². The summed E-state index contributed by atoms with van der Waals surface area (Å²) in [6, 6.07) is 0. The van der Waals surface area contributed by atoms with Crippen molar-refractivity contribution in [1.82, 2.24) is 4.90 Å². The molecular weight excluding hydrogens is 255 g/mol. The predicted molar refractivity (Wildman–Crippen MR) is 28.8 cm³/mol. The zero-order chi connectivity index (χ0) is 4.99. The van der Waals surface area contributed by atoms with Crippen molar-refractivity contribution < 1.29 is 22.4 Å².